The number of furan rings is 1. The van der Waals surface area contributed by atoms with Crippen LogP contribution in [0.3, 0.4) is 0 Å². The highest BCUT2D eigenvalue weighted by atomic mass is 32.1. The van der Waals surface area contributed by atoms with E-state index < -0.39 is 10.9 Å². The van der Waals surface area contributed by atoms with E-state index in [0.29, 0.717) is 22.0 Å². The van der Waals surface area contributed by atoms with E-state index in [1.165, 1.54) is 24.5 Å². The highest BCUT2D eigenvalue weighted by molar-refractivity contribution is 7.12. The van der Waals surface area contributed by atoms with Crippen LogP contribution in [0.2, 0.25) is 0 Å². The van der Waals surface area contributed by atoms with Gasteiger partial charge in [-0.15, -0.1) is 11.3 Å². The number of hydrogen-bond acceptors (Lipinski definition) is 6. The second kappa shape index (κ2) is 5.49. The second-order valence-corrected chi connectivity index (χ2v) is 4.37. The molecule has 0 N–H and O–H groups in total. The number of esters is 1. The molecule has 0 amide bonds. The van der Waals surface area contributed by atoms with E-state index in [2.05, 4.69) is 4.74 Å². The summed E-state index contributed by atoms with van der Waals surface area (Å²) in [6, 6.07) is 4.97. The van der Waals surface area contributed by atoms with Gasteiger partial charge >= 0.3 is 5.97 Å². The standard InChI is InChI=1S/C12H9NO5S/c1-17-12(14)11-9(5-7-19-11)10-3-2-8(18-10)4-6-13(15)16/h2-7H,1H3/b6-4+. The van der Waals surface area contributed by atoms with Gasteiger partial charge in [-0.25, -0.2) is 4.79 Å². The van der Waals surface area contributed by atoms with E-state index in [4.69, 9.17) is 4.42 Å². The lowest BCUT2D eigenvalue weighted by molar-refractivity contribution is -0.401. The van der Waals surface area contributed by atoms with E-state index in [1.54, 1.807) is 23.6 Å². The van der Waals surface area contributed by atoms with Crippen molar-refractivity contribution in [2.24, 2.45) is 0 Å². The predicted molar refractivity (Wildman–Crippen MR) is 69.4 cm³/mol. The first-order valence-electron chi connectivity index (χ1n) is 5.19. The maximum absolute atomic E-state index is 11.5. The SMILES string of the molecule is COC(=O)c1sccc1-c1ccc(/C=C/[N+](=O)[O-])o1. The molecule has 0 aliphatic heterocycles. The molecule has 0 fully saturated rings. The molecule has 2 aromatic heterocycles. The lowest BCUT2D eigenvalue weighted by atomic mass is 10.2. The second-order valence-electron chi connectivity index (χ2n) is 3.46. The molecule has 0 spiro atoms. The summed E-state index contributed by atoms with van der Waals surface area (Å²) in [5.41, 5.74) is 0.609. The van der Waals surface area contributed by atoms with Crippen molar-refractivity contribution >= 4 is 23.4 Å². The quantitative estimate of drug-likeness (QED) is 0.488. The Kier molecular flexibility index (Phi) is 3.76. The molecule has 0 unspecified atom stereocenters. The molecule has 2 heterocycles. The van der Waals surface area contributed by atoms with Gasteiger partial charge in [-0.1, -0.05) is 0 Å². The molecule has 0 saturated heterocycles. The van der Waals surface area contributed by atoms with Crippen LogP contribution in [0.5, 0.6) is 0 Å². The summed E-state index contributed by atoms with van der Waals surface area (Å²) < 4.78 is 10.1. The van der Waals surface area contributed by atoms with Crippen molar-refractivity contribution in [3.63, 3.8) is 0 Å². The summed E-state index contributed by atoms with van der Waals surface area (Å²) in [6.45, 7) is 0. The molecule has 2 rings (SSSR count). The topological polar surface area (TPSA) is 82.6 Å². The maximum Gasteiger partial charge on any atom is 0.348 e. The lowest BCUT2D eigenvalue weighted by Gasteiger charge is -1.98. The fourth-order valence-electron chi connectivity index (χ4n) is 1.48. The van der Waals surface area contributed by atoms with Crippen LogP contribution in [0, 0.1) is 10.1 Å². The van der Waals surface area contributed by atoms with Crippen LogP contribution in [-0.2, 0) is 4.74 Å². The van der Waals surface area contributed by atoms with Crippen molar-refractivity contribution in [3.05, 3.63) is 50.5 Å². The van der Waals surface area contributed by atoms with Gasteiger partial charge in [0.1, 0.15) is 16.4 Å². The Morgan fingerprint density at radius 2 is 2.26 bits per heavy atom. The predicted octanol–water partition coefficient (Wildman–Crippen LogP) is 3.04. The van der Waals surface area contributed by atoms with Crippen LogP contribution < -0.4 is 0 Å². The van der Waals surface area contributed by atoms with Gasteiger partial charge in [-0.05, 0) is 23.6 Å². The molecule has 0 bridgehead atoms. The third-order valence-corrected chi connectivity index (χ3v) is 3.18. The first kappa shape index (κ1) is 13.0. The highest BCUT2D eigenvalue weighted by Crippen LogP contribution is 2.30. The molecule has 7 heteroatoms. The van der Waals surface area contributed by atoms with Crippen molar-refractivity contribution < 1.29 is 18.9 Å². The van der Waals surface area contributed by atoms with Gasteiger partial charge in [-0.2, -0.15) is 0 Å². The van der Waals surface area contributed by atoms with Gasteiger partial charge in [0.15, 0.2) is 0 Å². The first-order valence-corrected chi connectivity index (χ1v) is 6.07. The van der Waals surface area contributed by atoms with Crippen LogP contribution in [0.1, 0.15) is 15.4 Å². The largest absolute Gasteiger partial charge is 0.465 e. The Labute approximate surface area is 112 Å². The van der Waals surface area contributed by atoms with Crippen molar-refractivity contribution in [2.45, 2.75) is 0 Å². The average Bonchev–Trinajstić information content (AvgIpc) is 3.03. The lowest BCUT2D eigenvalue weighted by Crippen LogP contribution is -1.99. The fourth-order valence-corrected chi connectivity index (χ4v) is 2.29. The summed E-state index contributed by atoms with van der Waals surface area (Å²) >= 11 is 1.24. The molecule has 0 aliphatic carbocycles. The molecular weight excluding hydrogens is 270 g/mol. The number of rotatable bonds is 4. The van der Waals surface area contributed by atoms with Crippen molar-refractivity contribution in [1.82, 2.24) is 0 Å². The van der Waals surface area contributed by atoms with Crippen molar-refractivity contribution in [3.8, 4) is 11.3 Å². The monoisotopic (exact) mass is 279 g/mol. The average molecular weight is 279 g/mol. The summed E-state index contributed by atoms with van der Waals surface area (Å²) in [7, 11) is 1.30. The summed E-state index contributed by atoms with van der Waals surface area (Å²) in [4.78, 5) is 21.6. The van der Waals surface area contributed by atoms with Gasteiger partial charge in [0, 0.05) is 5.56 Å². The van der Waals surface area contributed by atoms with Crippen LogP contribution in [0.25, 0.3) is 17.4 Å². The van der Waals surface area contributed by atoms with E-state index in [0.717, 1.165) is 6.20 Å². The molecule has 0 radical (unpaired) electrons. The highest BCUT2D eigenvalue weighted by Gasteiger charge is 2.17. The van der Waals surface area contributed by atoms with Crippen LogP contribution in [0.4, 0.5) is 0 Å². The molecular formula is C12H9NO5S. The summed E-state index contributed by atoms with van der Waals surface area (Å²) in [5.74, 6) is 0.363. The summed E-state index contributed by atoms with van der Waals surface area (Å²) in [5, 5.41) is 12.0. The van der Waals surface area contributed by atoms with Crippen LogP contribution >= 0.6 is 11.3 Å². The molecule has 19 heavy (non-hydrogen) atoms. The zero-order chi connectivity index (χ0) is 13.8. The fraction of sp³-hybridized carbons (Fsp3) is 0.0833. The number of carbonyl (C=O) groups is 1. The number of nitrogens with zero attached hydrogens (tertiary/aromatic N) is 1. The first-order chi connectivity index (χ1) is 9.11. The zero-order valence-corrected chi connectivity index (χ0v) is 10.7. The van der Waals surface area contributed by atoms with Gasteiger partial charge in [0.05, 0.1) is 18.1 Å². The number of nitro groups is 1. The number of hydrogen-bond donors (Lipinski definition) is 0. The normalized spacial score (nSPS) is 10.8. The number of carbonyl (C=O) groups excluding carboxylic acids is 1. The smallest absolute Gasteiger partial charge is 0.348 e. The van der Waals surface area contributed by atoms with Gasteiger partial charge in [0.25, 0.3) is 0 Å². The number of ether oxygens (including phenoxy) is 1. The van der Waals surface area contributed by atoms with Crippen LogP contribution in [-0.4, -0.2) is 18.0 Å². The Balaban J connectivity index is 2.31. The molecule has 0 saturated carbocycles. The minimum atomic E-state index is -0.577. The molecule has 0 aromatic carbocycles. The zero-order valence-electron chi connectivity index (χ0n) is 9.86. The Morgan fingerprint density at radius 3 is 2.95 bits per heavy atom. The van der Waals surface area contributed by atoms with Crippen LogP contribution in [0.15, 0.2) is 34.2 Å². The number of methoxy groups -OCH3 is 1. The maximum atomic E-state index is 11.5. The minimum Gasteiger partial charge on any atom is -0.465 e. The molecule has 98 valence electrons. The third-order valence-electron chi connectivity index (χ3n) is 2.29. The van der Waals surface area contributed by atoms with Gasteiger partial charge in [-0.3, -0.25) is 10.1 Å². The van der Waals surface area contributed by atoms with E-state index in [1.807, 2.05) is 0 Å². The molecule has 0 atom stereocenters. The number of thiophene rings is 1. The molecule has 0 aliphatic rings. The van der Waals surface area contributed by atoms with Crippen molar-refractivity contribution in [2.75, 3.05) is 7.11 Å². The summed E-state index contributed by atoms with van der Waals surface area (Å²) in [6.07, 6.45) is 2.03. The molecule has 2 aromatic rings. The van der Waals surface area contributed by atoms with E-state index >= 15 is 0 Å². The van der Waals surface area contributed by atoms with E-state index in [-0.39, 0.29) is 0 Å². The minimum absolute atomic E-state index is 0.341. The van der Waals surface area contributed by atoms with E-state index in [9.17, 15) is 14.9 Å². The Hall–Kier alpha value is -2.41. The van der Waals surface area contributed by atoms with Gasteiger partial charge < -0.3 is 9.15 Å². The van der Waals surface area contributed by atoms with Gasteiger partial charge in [0.2, 0.25) is 6.20 Å². The Bertz CT molecular complexity index is 640. The van der Waals surface area contributed by atoms with Crippen molar-refractivity contribution in [1.29, 1.82) is 0 Å². The Morgan fingerprint density at radius 1 is 1.47 bits per heavy atom. The third kappa shape index (κ3) is 2.89. The molecule has 6 nitrogen and oxygen atoms in total.